The first kappa shape index (κ1) is 23.9. The number of imide groups is 1. The number of hydrogen-bond donors (Lipinski definition) is 1. The molecule has 3 aromatic rings. The lowest BCUT2D eigenvalue weighted by Crippen LogP contribution is -2.48. The molecule has 0 aliphatic carbocycles. The van der Waals surface area contributed by atoms with Crippen LogP contribution >= 0.6 is 0 Å². The van der Waals surface area contributed by atoms with Crippen molar-refractivity contribution in [1.82, 2.24) is 15.1 Å². The molecule has 0 bridgehead atoms. The Balaban J connectivity index is 1.11. The molecule has 1 fully saturated rings. The number of nitrogens with one attached hydrogen (secondary N) is 1. The number of amides is 3. The van der Waals surface area contributed by atoms with Crippen LogP contribution < -0.4 is 5.32 Å². The quantitative estimate of drug-likeness (QED) is 0.492. The third-order valence-electron chi connectivity index (χ3n) is 7.27. The average molecular weight is 482 g/mol. The molecule has 0 atom stereocenters. The van der Waals surface area contributed by atoms with Crippen molar-refractivity contribution in [2.24, 2.45) is 0 Å². The first-order valence-corrected chi connectivity index (χ1v) is 12.7. The summed E-state index contributed by atoms with van der Waals surface area (Å²) in [5.41, 5.74) is 3.40. The summed E-state index contributed by atoms with van der Waals surface area (Å²) >= 11 is 0. The van der Waals surface area contributed by atoms with E-state index in [0.717, 1.165) is 43.8 Å². The predicted molar refractivity (Wildman–Crippen MR) is 139 cm³/mol. The Morgan fingerprint density at radius 1 is 0.778 bits per heavy atom. The topological polar surface area (TPSA) is 69.7 Å². The van der Waals surface area contributed by atoms with Crippen molar-refractivity contribution in [2.75, 3.05) is 26.2 Å². The van der Waals surface area contributed by atoms with Crippen molar-refractivity contribution in [3.63, 3.8) is 0 Å². The fourth-order valence-corrected chi connectivity index (χ4v) is 5.31. The van der Waals surface area contributed by atoms with E-state index in [1.54, 1.807) is 24.3 Å². The van der Waals surface area contributed by atoms with Gasteiger partial charge in [0.15, 0.2) is 0 Å². The molecule has 0 unspecified atom stereocenters. The van der Waals surface area contributed by atoms with E-state index < -0.39 is 11.8 Å². The van der Waals surface area contributed by atoms with Crippen LogP contribution in [0.5, 0.6) is 0 Å². The highest BCUT2D eigenvalue weighted by Gasteiger charge is 2.36. The van der Waals surface area contributed by atoms with Crippen molar-refractivity contribution in [3.8, 4) is 0 Å². The summed E-state index contributed by atoms with van der Waals surface area (Å²) in [7, 11) is 0. The number of carbonyl (C=O) groups excluding carboxylic acids is 3. The van der Waals surface area contributed by atoms with Crippen LogP contribution in [-0.2, 0) is 4.79 Å². The van der Waals surface area contributed by atoms with Gasteiger partial charge in [-0.15, -0.1) is 0 Å². The zero-order chi connectivity index (χ0) is 24.9. The summed E-state index contributed by atoms with van der Waals surface area (Å²) < 4.78 is 0. The molecule has 36 heavy (non-hydrogen) atoms. The van der Waals surface area contributed by atoms with E-state index in [2.05, 4.69) is 70.9 Å². The number of likely N-dealkylation sites (tertiary alicyclic amines) is 1. The SMILES string of the molecule is O=C(CN1C(=O)c2ccccc2C1=O)NC1CCN(CCC(c2ccccc2)c2ccccc2)CC1. The van der Waals surface area contributed by atoms with Gasteiger partial charge < -0.3 is 10.2 Å². The third kappa shape index (κ3) is 5.24. The Bertz CT molecular complexity index is 1150. The molecule has 1 saturated heterocycles. The van der Waals surface area contributed by atoms with Crippen LogP contribution in [0.25, 0.3) is 0 Å². The summed E-state index contributed by atoms with van der Waals surface area (Å²) in [5, 5.41) is 3.04. The van der Waals surface area contributed by atoms with Gasteiger partial charge in [-0.3, -0.25) is 19.3 Å². The minimum Gasteiger partial charge on any atom is -0.352 e. The van der Waals surface area contributed by atoms with E-state index in [9.17, 15) is 14.4 Å². The molecule has 6 nitrogen and oxygen atoms in total. The van der Waals surface area contributed by atoms with Crippen molar-refractivity contribution >= 4 is 17.7 Å². The van der Waals surface area contributed by atoms with Gasteiger partial charge in [0.1, 0.15) is 6.54 Å². The van der Waals surface area contributed by atoms with Crippen LogP contribution in [0.1, 0.15) is 57.0 Å². The number of carbonyl (C=O) groups is 3. The molecule has 5 rings (SSSR count). The molecule has 3 aromatic carbocycles. The highest BCUT2D eigenvalue weighted by molar-refractivity contribution is 6.22. The first-order chi connectivity index (χ1) is 17.6. The van der Waals surface area contributed by atoms with Crippen LogP contribution in [-0.4, -0.2) is 59.7 Å². The number of fused-ring (bicyclic) bond motifs is 1. The Kier molecular flexibility index (Phi) is 7.23. The summed E-state index contributed by atoms with van der Waals surface area (Å²) in [6.07, 6.45) is 2.75. The molecule has 2 heterocycles. The zero-order valence-electron chi connectivity index (χ0n) is 20.3. The normalized spacial score (nSPS) is 16.4. The fourth-order valence-electron chi connectivity index (χ4n) is 5.31. The highest BCUT2D eigenvalue weighted by atomic mass is 16.2. The molecule has 6 heteroatoms. The number of benzene rings is 3. The van der Waals surface area contributed by atoms with Gasteiger partial charge in [-0.2, -0.15) is 0 Å². The second-order valence-electron chi connectivity index (χ2n) is 9.59. The maximum Gasteiger partial charge on any atom is 0.262 e. The standard InChI is InChI=1S/C30H31N3O3/c34-28(21-33-29(35)26-13-7-8-14-27(26)30(33)36)31-24-15-18-32(19-16-24)20-17-25(22-9-3-1-4-10-22)23-11-5-2-6-12-23/h1-14,24-25H,15-21H2,(H,31,34). The molecular formula is C30H31N3O3. The lowest BCUT2D eigenvalue weighted by molar-refractivity contribution is -0.122. The molecule has 0 aromatic heterocycles. The average Bonchev–Trinajstić information content (AvgIpc) is 3.16. The molecule has 2 aliphatic heterocycles. The van der Waals surface area contributed by atoms with Gasteiger partial charge >= 0.3 is 0 Å². The molecule has 0 radical (unpaired) electrons. The number of hydrogen-bond acceptors (Lipinski definition) is 4. The van der Waals surface area contributed by atoms with Crippen LogP contribution in [0.3, 0.4) is 0 Å². The van der Waals surface area contributed by atoms with E-state index in [0.29, 0.717) is 17.0 Å². The number of nitrogens with zero attached hydrogens (tertiary/aromatic N) is 2. The maximum absolute atomic E-state index is 12.6. The third-order valence-corrected chi connectivity index (χ3v) is 7.27. The fraction of sp³-hybridized carbons (Fsp3) is 0.300. The van der Waals surface area contributed by atoms with Crippen LogP contribution in [0.4, 0.5) is 0 Å². The second kappa shape index (κ2) is 10.9. The van der Waals surface area contributed by atoms with E-state index in [1.165, 1.54) is 11.1 Å². The van der Waals surface area contributed by atoms with Gasteiger partial charge in [-0.25, -0.2) is 0 Å². The Morgan fingerprint density at radius 2 is 1.28 bits per heavy atom. The van der Waals surface area contributed by atoms with E-state index >= 15 is 0 Å². The Morgan fingerprint density at radius 3 is 1.81 bits per heavy atom. The van der Waals surface area contributed by atoms with Crippen LogP contribution in [0, 0.1) is 0 Å². The smallest absolute Gasteiger partial charge is 0.262 e. The van der Waals surface area contributed by atoms with Crippen molar-refractivity contribution < 1.29 is 14.4 Å². The minimum absolute atomic E-state index is 0.0583. The molecule has 0 saturated carbocycles. The summed E-state index contributed by atoms with van der Waals surface area (Å²) in [6.45, 7) is 2.58. The van der Waals surface area contributed by atoms with Gasteiger partial charge in [-0.1, -0.05) is 72.8 Å². The predicted octanol–water partition coefficient (Wildman–Crippen LogP) is 4.09. The second-order valence-corrected chi connectivity index (χ2v) is 9.59. The summed E-state index contributed by atoms with van der Waals surface area (Å²) in [4.78, 5) is 41.2. The molecule has 3 amide bonds. The molecule has 2 aliphatic rings. The summed E-state index contributed by atoms with van der Waals surface area (Å²) in [6, 6.07) is 28.1. The highest BCUT2D eigenvalue weighted by Crippen LogP contribution is 2.28. The van der Waals surface area contributed by atoms with Gasteiger partial charge in [0.25, 0.3) is 11.8 Å². The molecule has 0 spiro atoms. The molecule has 184 valence electrons. The minimum atomic E-state index is -0.396. The summed E-state index contributed by atoms with van der Waals surface area (Å²) in [5.74, 6) is -0.723. The first-order valence-electron chi connectivity index (χ1n) is 12.7. The van der Waals surface area contributed by atoms with Crippen molar-refractivity contribution in [1.29, 1.82) is 0 Å². The van der Waals surface area contributed by atoms with Crippen LogP contribution in [0.15, 0.2) is 84.9 Å². The monoisotopic (exact) mass is 481 g/mol. The van der Waals surface area contributed by atoms with Gasteiger partial charge in [-0.05, 0) is 49.1 Å². The Labute approximate surface area is 211 Å². The van der Waals surface area contributed by atoms with Gasteiger partial charge in [0.05, 0.1) is 11.1 Å². The molecular weight excluding hydrogens is 450 g/mol. The Hall–Kier alpha value is -3.77. The van der Waals surface area contributed by atoms with E-state index in [1.807, 2.05) is 0 Å². The zero-order valence-corrected chi connectivity index (χ0v) is 20.3. The van der Waals surface area contributed by atoms with Crippen molar-refractivity contribution in [3.05, 3.63) is 107 Å². The van der Waals surface area contributed by atoms with E-state index in [-0.39, 0.29) is 18.5 Å². The number of piperidine rings is 1. The largest absolute Gasteiger partial charge is 0.352 e. The van der Waals surface area contributed by atoms with Gasteiger partial charge in [0, 0.05) is 25.0 Å². The van der Waals surface area contributed by atoms with Gasteiger partial charge in [0.2, 0.25) is 5.91 Å². The maximum atomic E-state index is 12.6. The van der Waals surface area contributed by atoms with Crippen molar-refractivity contribution in [2.45, 2.75) is 31.2 Å². The van der Waals surface area contributed by atoms with Crippen LogP contribution in [0.2, 0.25) is 0 Å². The lowest BCUT2D eigenvalue weighted by Gasteiger charge is -2.33. The van der Waals surface area contributed by atoms with E-state index in [4.69, 9.17) is 0 Å². The molecule has 1 N–H and O–H groups in total. The number of rotatable bonds is 8. The lowest BCUT2D eigenvalue weighted by atomic mass is 9.88.